The molecule has 0 unspecified atom stereocenters. The first-order valence-electron chi connectivity index (χ1n) is 5.42. The van der Waals surface area contributed by atoms with E-state index in [0.29, 0.717) is 34.9 Å². The molecule has 2 aromatic rings. The summed E-state index contributed by atoms with van der Waals surface area (Å²) in [5.74, 6) is -0.915. The van der Waals surface area contributed by atoms with E-state index in [4.69, 9.17) is 0 Å². The predicted octanol–water partition coefficient (Wildman–Crippen LogP) is 2.15. The average Bonchev–Trinajstić information content (AvgIpc) is 2.94. The predicted molar refractivity (Wildman–Crippen MR) is 65.0 cm³/mol. The largest absolute Gasteiger partial charge is 0.478 e. The third-order valence-corrected chi connectivity index (χ3v) is 3.28. The molecule has 2 heterocycles. The molecule has 90 valence electrons. The van der Waals surface area contributed by atoms with Crippen LogP contribution < -0.4 is 0 Å². The summed E-state index contributed by atoms with van der Waals surface area (Å²) >= 11 is 1.45. The van der Waals surface area contributed by atoms with Gasteiger partial charge in [-0.25, -0.2) is 14.5 Å². The molecular weight excluding hydrogens is 238 g/mol. The molecule has 0 aromatic carbocycles. The van der Waals surface area contributed by atoms with Crippen LogP contribution in [0.5, 0.6) is 0 Å². The first kappa shape index (κ1) is 11.8. The zero-order valence-electron chi connectivity index (χ0n) is 9.67. The molecular formula is C11H13N3O2S. The molecule has 1 N–H and O–H groups in total. The molecule has 2 aromatic heterocycles. The number of aryl methyl sites for hydroxylation is 1. The van der Waals surface area contributed by atoms with Gasteiger partial charge in [-0.05, 0) is 12.8 Å². The zero-order chi connectivity index (χ0) is 12.4. The lowest BCUT2D eigenvalue weighted by molar-refractivity contribution is 0.0694. The van der Waals surface area contributed by atoms with Gasteiger partial charge >= 0.3 is 5.97 Å². The summed E-state index contributed by atoms with van der Waals surface area (Å²) in [6.45, 7) is 3.83. The third kappa shape index (κ3) is 1.95. The van der Waals surface area contributed by atoms with Crippen molar-refractivity contribution in [3.63, 3.8) is 0 Å². The second kappa shape index (κ2) is 4.67. The second-order valence-corrected chi connectivity index (χ2v) is 4.38. The maximum absolute atomic E-state index is 11.3. The number of nitrogens with zero attached hydrogens (tertiary/aromatic N) is 3. The summed E-state index contributed by atoms with van der Waals surface area (Å²) in [7, 11) is 0. The highest BCUT2D eigenvalue weighted by Crippen LogP contribution is 2.21. The van der Waals surface area contributed by atoms with E-state index in [1.54, 1.807) is 10.9 Å². The number of thiazole rings is 1. The summed E-state index contributed by atoms with van der Waals surface area (Å²) in [5, 5.41) is 16.2. The number of rotatable bonds is 4. The Morgan fingerprint density at radius 1 is 1.47 bits per heavy atom. The van der Waals surface area contributed by atoms with Crippen LogP contribution in [0, 0.1) is 0 Å². The van der Waals surface area contributed by atoms with E-state index in [2.05, 4.69) is 10.1 Å². The molecule has 2 rings (SSSR count). The first-order chi connectivity index (χ1) is 8.19. The summed E-state index contributed by atoms with van der Waals surface area (Å²) in [5.41, 5.74) is 1.65. The lowest BCUT2D eigenvalue weighted by Gasteiger charge is -2.01. The third-order valence-electron chi connectivity index (χ3n) is 2.54. The SMILES string of the molecule is CCc1nn(-c2nccs2)c(CC)c1C(=O)O. The van der Waals surface area contributed by atoms with Gasteiger partial charge in [0.2, 0.25) is 5.13 Å². The number of hydrogen-bond donors (Lipinski definition) is 1. The fourth-order valence-electron chi connectivity index (χ4n) is 1.80. The minimum atomic E-state index is -0.915. The van der Waals surface area contributed by atoms with Crippen molar-refractivity contribution in [2.75, 3.05) is 0 Å². The Bertz CT molecular complexity index is 531. The number of carbonyl (C=O) groups is 1. The van der Waals surface area contributed by atoms with E-state index in [1.807, 2.05) is 19.2 Å². The topological polar surface area (TPSA) is 68.0 Å². The number of carboxylic acids is 1. The van der Waals surface area contributed by atoms with Crippen molar-refractivity contribution in [3.05, 3.63) is 28.5 Å². The molecule has 5 nitrogen and oxygen atoms in total. The molecule has 0 spiro atoms. The lowest BCUT2D eigenvalue weighted by atomic mass is 10.1. The molecule has 17 heavy (non-hydrogen) atoms. The average molecular weight is 251 g/mol. The van der Waals surface area contributed by atoms with Gasteiger partial charge in [0.05, 0.1) is 11.4 Å². The molecule has 0 radical (unpaired) electrons. The Morgan fingerprint density at radius 2 is 2.24 bits per heavy atom. The molecule has 0 aliphatic rings. The Labute approximate surface area is 103 Å². The summed E-state index contributed by atoms with van der Waals surface area (Å²) in [6, 6.07) is 0. The van der Waals surface area contributed by atoms with E-state index >= 15 is 0 Å². The van der Waals surface area contributed by atoms with Crippen LogP contribution in [0.3, 0.4) is 0 Å². The van der Waals surface area contributed by atoms with E-state index in [9.17, 15) is 9.90 Å². The number of carboxylic acid groups (broad SMARTS) is 1. The van der Waals surface area contributed by atoms with Gasteiger partial charge in [0, 0.05) is 11.6 Å². The van der Waals surface area contributed by atoms with Gasteiger partial charge in [-0.1, -0.05) is 13.8 Å². The van der Waals surface area contributed by atoms with Crippen LogP contribution in [0.1, 0.15) is 35.6 Å². The van der Waals surface area contributed by atoms with Crippen molar-refractivity contribution in [2.24, 2.45) is 0 Å². The molecule has 6 heteroatoms. The number of hydrogen-bond acceptors (Lipinski definition) is 4. The summed E-state index contributed by atoms with van der Waals surface area (Å²) in [4.78, 5) is 15.4. The van der Waals surface area contributed by atoms with Crippen LogP contribution >= 0.6 is 11.3 Å². The van der Waals surface area contributed by atoms with Gasteiger partial charge in [-0.15, -0.1) is 11.3 Å². The van der Waals surface area contributed by atoms with E-state index in [0.717, 1.165) is 0 Å². The highest BCUT2D eigenvalue weighted by Gasteiger charge is 2.22. The molecule has 0 aliphatic heterocycles. The maximum atomic E-state index is 11.3. The molecule has 0 aliphatic carbocycles. The van der Waals surface area contributed by atoms with Gasteiger partial charge in [0.1, 0.15) is 5.56 Å². The van der Waals surface area contributed by atoms with Crippen molar-refractivity contribution in [3.8, 4) is 5.13 Å². The zero-order valence-corrected chi connectivity index (χ0v) is 10.5. The van der Waals surface area contributed by atoms with E-state index < -0.39 is 5.97 Å². The van der Waals surface area contributed by atoms with Gasteiger partial charge < -0.3 is 5.11 Å². The molecule has 0 fully saturated rings. The molecule has 0 saturated heterocycles. The van der Waals surface area contributed by atoms with Crippen LogP contribution in [-0.2, 0) is 12.8 Å². The Hall–Kier alpha value is -1.69. The minimum absolute atomic E-state index is 0.324. The van der Waals surface area contributed by atoms with Crippen LogP contribution in [0.25, 0.3) is 5.13 Å². The lowest BCUT2D eigenvalue weighted by Crippen LogP contribution is -2.05. The molecule has 0 bridgehead atoms. The van der Waals surface area contributed by atoms with Gasteiger partial charge in [0.15, 0.2) is 0 Å². The Morgan fingerprint density at radius 3 is 2.71 bits per heavy atom. The van der Waals surface area contributed by atoms with Gasteiger partial charge in [0.25, 0.3) is 0 Å². The first-order valence-corrected chi connectivity index (χ1v) is 6.30. The van der Waals surface area contributed by atoms with Crippen molar-refractivity contribution in [2.45, 2.75) is 26.7 Å². The molecule has 0 saturated carbocycles. The van der Waals surface area contributed by atoms with Crippen molar-refractivity contribution >= 4 is 17.3 Å². The second-order valence-electron chi connectivity index (χ2n) is 3.51. The monoisotopic (exact) mass is 251 g/mol. The summed E-state index contributed by atoms with van der Waals surface area (Å²) in [6.07, 6.45) is 2.91. The van der Waals surface area contributed by atoms with Crippen LogP contribution in [0.4, 0.5) is 0 Å². The molecule has 0 amide bonds. The fraction of sp³-hybridized carbons (Fsp3) is 0.364. The number of aromatic nitrogens is 3. The van der Waals surface area contributed by atoms with Gasteiger partial charge in [-0.2, -0.15) is 5.10 Å². The Kier molecular flexibility index (Phi) is 3.23. The van der Waals surface area contributed by atoms with Gasteiger partial charge in [-0.3, -0.25) is 0 Å². The smallest absolute Gasteiger partial charge is 0.339 e. The van der Waals surface area contributed by atoms with Crippen molar-refractivity contribution < 1.29 is 9.90 Å². The quantitative estimate of drug-likeness (QED) is 0.904. The van der Waals surface area contributed by atoms with Crippen LogP contribution in [-0.4, -0.2) is 25.8 Å². The Balaban J connectivity index is 2.65. The van der Waals surface area contributed by atoms with Crippen molar-refractivity contribution in [1.82, 2.24) is 14.8 Å². The molecule has 0 atom stereocenters. The van der Waals surface area contributed by atoms with E-state index in [1.165, 1.54) is 11.3 Å². The highest BCUT2D eigenvalue weighted by atomic mass is 32.1. The van der Waals surface area contributed by atoms with Crippen LogP contribution in [0.15, 0.2) is 11.6 Å². The normalized spacial score (nSPS) is 10.7. The maximum Gasteiger partial charge on any atom is 0.339 e. The van der Waals surface area contributed by atoms with E-state index in [-0.39, 0.29) is 0 Å². The summed E-state index contributed by atoms with van der Waals surface area (Å²) < 4.78 is 1.65. The fourth-order valence-corrected chi connectivity index (χ4v) is 2.42. The minimum Gasteiger partial charge on any atom is -0.478 e. The van der Waals surface area contributed by atoms with Crippen LogP contribution in [0.2, 0.25) is 0 Å². The van der Waals surface area contributed by atoms with Crippen molar-refractivity contribution in [1.29, 1.82) is 0 Å². The standard InChI is InChI=1S/C11H13N3O2S/c1-3-7-9(10(15)16)8(4-2)14(13-7)11-12-5-6-17-11/h5-6H,3-4H2,1-2H3,(H,15,16). The highest BCUT2D eigenvalue weighted by molar-refractivity contribution is 7.12. The number of aromatic carboxylic acids is 1.